The van der Waals surface area contributed by atoms with E-state index in [1.807, 2.05) is 13.0 Å². The summed E-state index contributed by atoms with van der Waals surface area (Å²) in [7, 11) is 0. The van der Waals surface area contributed by atoms with Gasteiger partial charge in [-0.2, -0.15) is 0 Å². The lowest BCUT2D eigenvalue weighted by Crippen LogP contribution is -2.45. The largest absolute Gasteiger partial charge is 0.355 e. The number of likely N-dealkylation sites (N-methyl/N-ethyl adjacent to an activating group) is 1. The van der Waals surface area contributed by atoms with E-state index in [1.165, 1.54) is 16.6 Å². The summed E-state index contributed by atoms with van der Waals surface area (Å²) in [5.74, 6) is 0.811. The second-order valence-electron chi connectivity index (χ2n) is 6.23. The Balaban J connectivity index is 1.58. The highest BCUT2D eigenvalue weighted by molar-refractivity contribution is 7.99. The van der Waals surface area contributed by atoms with Gasteiger partial charge in [-0.1, -0.05) is 17.8 Å². The number of thiophene rings is 1. The van der Waals surface area contributed by atoms with Gasteiger partial charge in [0.05, 0.1) is 5.75 Å². The Morgan fingerprint density at radius 3 is 2.88 bits per heavy atom. The van der Waals surface area contributed by atoms with E-state index in [-0.39, 0.29) is 17.6 Å². The Hall–Kier alpha value is -1.87. The van der Waals surface area contributed by atoms with Gasteiger partial charge in [-0.05, 0) is 38.1 Å². The lowest BCUT2D eigenvalue weighted by molar-refractivity contribution is -0.127. The van der Waals surface area contributed by atoms with Crippen molar-refractivity contribution >= 4 is 34.9 Å². The Morgan fingerprint density at radius 2 is 2.23 bits per heavy atom. The van der Waals surface area contributed by atoms with Crippen LogP contribution in [0.5, 0.6) is 0 Å². The van der Waals surface area contributed by atoms with Crippen molar-refractivity contribution in [2.24, 2.45) is 0 Å². The Labute approximate surface area is 161 Å². The first-order valence-corrected chi connectivity index (χ1v) is 10.6. The highest BCUT2D eigenvalue weighted by Gasteiger charge is 2.30. The van der Waals surface area contributed by atoms with E-state index in [9.17, 15) is 9.59 Å². The summed E-state index contributed by atoms with van der Waals surface area (Å²) >= 11 is 3.08. The van der Waals surface area contributed by atoms with E-state index in [0.29, 0.717) is 12.6 Å². The Kier molecular flexibility index (Phi) is 6.31. The number of amides is 2. The van der Waals surface area contributed by atoms with Crippen LogP contribution in [0.15, 0.2) is 22.7 Å². The average molecular weight is 394 g/mol. The molecule has 1 atom stereocenters. The van der Waals surface area contributed by atoms with Crippen LogP contribution >= 0.6 is 23.1 Å². The molecule has 2 amide bonds. The topological polar surface area (TPSA) is 88.9 Å². The van der Waals surface area contributed by atoms with Crippen molar-refractivity contribution in [3.63, 3.8) is 0 Å². The zero-order valence-corrected chi connectivity index (χ0v) is 16.5. The maximum Gasteiger partial charge on any atom is 0.242 e. The monoisotopic (exact) mass is 393 g/mol. The van der Waals surface area contributed by atoms with Crippen LogP contribution in [-0.4, -0.2) is 44.9 Å². The number of hydrogen-bond donors (Lipinski definition) is 2. The zero-order chi connectivity index (χ0) is 18.5. The lowest BCUT2D eigenvalue weighted by Gasteiger charge is -2.13. The van der Waals surface area contributed by atoms with E-state index in [1.54, 1.807) is 18.3 Å². The molecule has 2 aromatic heterocycles. The fourth-order valence-corrected chi connectivity index (χ4v) is 4.14. The Bertz CT molecular complexity index is 755. The van der Waals surface area contributed by atoms with Gasteiger partial charge in [-0.3, -0.25) is 9.59 Å². The number of nitrogens with zero attached hydrogens (tertiary/aromatic N) is 3. The molecule has 2 N–H and O–H groups in total. The molecule has 1 aliphatic carbocycles. The molecule has 9 heteroatoms. The fourth-order valence-electron chi connectivity index (χ4n) is 2.60. The Morgan fingerprint density at radius 1 is 1.42 bits per heavy atom. The van der Waals surface area contributed by atoms with Gasteiger partial charge in [0, 0.05) is 23.9 Å². The van der Waals surface area contributed by atoms with E-state index in [2.05, 4.69) is 36.8 Å². The number of rotatable bonds is 9. The van der Waals surface area contributed by atoms with Gasteiger partial charge in [0.25, 0.3) is 0 Å². The van der Waals surface area contributed by atoms with Crippen LogP contribution in [-0.2, 0) is 16.0 Å². The summed E-state index contributed by atoms with van der Waals surface area (Å²) in [5.41, 5.74) is 0. The fraction of sp³-hybridized carbons (Fsp3) is 0.529. The summed E-state index contributed by atoms with van der Waals surface area (Å²) in [6.45, 7) is 4.07. The first-order chi connectivity index (χ1) is 12.6. The van der Waals surface area contributed by atoms with E-state index >= 15 is 0 Å². The molecule has 26 heavy (non-hydrogen) atoms. The van der Waals surface area contributed by atoms with Crippen molar-refractivity contribution < 1.29 is 9.59 Å². The predicted molar refractivity (Wildman–Crippen MR) is 102 cm³/mol. The molecule has 3 rings (SSSR count). The standard InChI is InChI=1S/C17H23N5O2S2/c1-3-18-16(24)11(2)19-15(23)10-26-17-21-20-14(22(17)12-6-7-12)9-13-5-4-8-25-13/h4-5,8,11-12H,3,6-7,9-10H2,1-2H3,(H,18,24)(H,19,23)/t11-/m0/s1. The van der Waals surface area contributed by atoms with Crippen molar-refractivity contribution in [3.05, 3.63) is 28.2 Å². The van der Waals surface area contributed by atoms with Crippen molar-refractivity contribution in [2.45, 2.75) is 50.4 Å². The molecule has 0 aliphatic heterocycles. The molecule has 1 fully saturated rings. The molecule has 2 heterocycles. The summed E-state index contributed by atoms with van der Waals surface area (Å²) < 4.78 is 2.17. The molecular weight excluding hydrogens is 370 g/mol. The summed E-state index contributed by atoms with van der Waals surface area (Å²) in [5, 5.41) is 16.9. The number of carbonyl (C=O) groups excluding carboxylic acids is 2. The van der Waals surface area contributed by atoms with Crippen LogP contribution in [0.3, 0.4) is 0 Å². The minimum Gasteiger partial charge on any atom is -0.355 e. The molecular formula is C17H23N5O2S2. The van der Waals surface area contributed by atoms with E-state index in [4.69, 9.17) is 0 Å². The number of hydrogen-bond acceptors (Lipinski definition) is 6. The number of carbonyl (C=O) groups is 2. The normalized spacial score (nSPS) is 14.8. The summed E-state index contributed by atoms with van der Waals surface area (Å²) in [6, 6.07) is 4.03. The van der Waals surface area contributed by atoms with Crippen LogP contribution in [0, 0.1) is 0 Å². The summed E-state index contributed by atoms with van der Waals surface area (Å²) in [4.78, 5) is 25.1. The van der Waals surface area contributed by atoms with Gasteiger partial charge in [-0.15, -0.1) is 21.5 Å². The van der Waals surface area contributed by atoms with Gasteiger partial charge in [0.15, 0.2) is 5.16 Å². The van der Waals surface area contributed by atoms with Gasteiger partial charge < -0.3 is 15.2 Å². The van der Waals surface area contributed by atoms with Crippen molar-refractivity contribution in [2.75, 3.05) is 12.3 Å². The van der Waals surface area contributed by atoms with Crippen molar-refractivity contribution in [1.82, 2.24) is 25.4 Å². The minimum absolute atomic E-state index is 0.176. The molecule has 0 aromatic carbocycles. The first-order valence-electron chi connectivity index (χ1n) is 8.74. The van der Waals surface area contributed by atoms with E-state index < -0.39 is 6.04 Å². The van der Waals surface area contributed by atoms with Gasteiger partial charge >= 0.3 is 0 Å². The SMILES string of the molecule is CCNC(=O)[C@H](C)NC(=O)CSc1nnc(Cc2cccs2)n1C1CC1. The smallest absolute Gasteiger partial charge is 0.242 e. The molecule has 0 radical (unpaired) electrons. The maximum absolute atomic E-state index is 12.1. The molecule has 0 unspecified atom stereocenters. The third-order valence-electron chi connectivity index (χ3n) is 4.01. The van der Waals surface area contributed by atoms with Gasteiger partial charge in [-0.25, -0.2) is 0 Å². The highest BCUT2D eigenvalue weighted by atomic mass is 32.2. The average Bonchev–Trinajstić information content (AvgIpc) is 3.16. The minimum atomic E-state index is -0.543. The number of nitrogens with one attached hydrogen (secondary N) is 2. The quantitative estimate of drug-likeness (QED) is 0.636. The molecule has 7 nitrogen and oxygen atoms in total. The molecule has 1 saturated carbocycles. The van der Waals surface area contributed by atoms with Gasteiger partial charge in [0.1, 0.15) is 11.9 Å². The second-order valence-corrected chi connectivity index (χ2v) is 8.20. The number of thioether (sulfide) groups is 1. The van der Waals surface area contributed by atoms with Crippen molar-refractivity contribution in [1.29, 1.82) is 0 Å². The molecule has 2 aromatic rings. The van der Waals surface area contributed by atoms with Crippen LogP contribution in [0.1, 0.15) is 43.4 Å². The molecule has 0 saturated heterocycles. The summed E-state index contributed by atoms with van der Waals surface area (Å²) in [6.07, 6.45) is 3.02. The second kappa shape index (κ2) is 8.68. The molecule has 0 bridgehead atoms. The van der Waals surface area contributed by atoms with Crippen LogP contribution in [0.4, 0.5) is 0 Å². The van der Waals surface area contributed by atoms with Crippen LogP contribution < -0.4 is 10.6 Å². The third kappa shape index (κ3) is 4.85. The van der Waals surface area contributed by atoms with Crippen LogP contribution in [0.2, 0.25) is 0 Å². The van der Waals surface area contributed by atoms with Gasteiger partial charge in [0.2, 0.25) is 11.8 Å². The number of aromatic nitrogens is 3. The van der Waals surface area contributed by atoms with E-state index in [0.717, 1.165) is 30.2 Å². The van der Waals surface area contributed by atoms with Crippen molar-refractivity contribution in [3.8, 4) is 0 Å². The third-order valence-corrected chi connectivity index (χ3v) is 5.83. The van der Waals surface area contributed by atoms with Crippen LogP contribution in [0.25, 0.3) is 0 Å². The lowest BCUT2D eigenvalue weighted by atomic mass is 10.3. The molecule has 1 aliphatic rings. The molecule has 0 spiro atoms. The highest BCUT2D eigenvalue weighted by Crippen LogP contribution is 2.39. The maximum atomic E-state index is 12.1. The predicted octanol–water partition coefficient (Wildman–Crippen LogP) is 2.00. The molecule has 140 valence electrons. The zero-order valence-electron chi connectivity index (χ0n) is 14.9. The first kappa shape index (κ1) is 18.9.